The largest absolute Gasteiger partial charge is 0.407 e. The van der Waals surface area contributed by atoms with Crippen molar-refractivity contribution >= 4 is 36.2 Å². The van der Waals surface area contributed by atoms with Crippen LogP contribution in [-0.4, -0.2) is 17.8 Å². The zero-order valence-electron chi connectivity index (χ0n) is 9.80. The van der Waals surface area contributed by atoms with E-state index < -0.39 is 0 Å². The molecule has 0 bridgehead atoms. The molecule has 0 saturated heterocycles. The molecule has 0 aliphatic heterocycles. The van der Waals surface area contributed by atoms with E-state index in [-0.39, 0.29) is 37.5 Å². The fourth-order valence-electron chi connectivity index (χ4n) is 1.66. The summed E-state index contributed by atoms with van der Waals surface area (Å²) < 4.78 is 0. The zero-order chi connectivity index (χ0) is 11.5. The first-order valence-electron chi connectivity index (χ1n) is 5.38. The predicted molar refractivity (Wildman–Crippen MR) is 77.6 cm³/mol. The van der Waals surface area contributed by atoms with Gasteiger partial charge in [-0.25, -0.2) is 4.85 Å². The van der Waals surface area contributed by atoms with Gasteiger partial charge in [0.1, 0.15) is 0 Å². The van der Waals surface area contributed by atoms with E-state index in [9.17, 15) is 5.11 Å². The van der Waals surface area contributed by atoms with Crippen LogP contribution in [0.25, 0.3) is 4.85 Å². The number of hydrogen-bond acceptors (Lipinski definition) is 3. The van der Waals surface area contributed by atoms with Crippen LogP contribution in [0.2, 0.25) is 0 Å². The van der Waals surface area contributed by atoms with Crippen molar-refractivity contribution in [1.82, 2.24) is 5.32 Å². The van der Waals surface area contributed by atoms with E-state index in [0.717, 1.165) is 5.56 Å². The second kappa shape index (κ2) is 7.45. The molecule has 1 fully saturated rings. The lowest BCUT2D eigenvalue weighted by molar-refractivity contribution is 0.243. The van der Waals surface area contributed by atoms with Crippen molar-refractivity contribution in [3.05, 3.63) is 35.2 Å². The van der Waals surface area contributed by atoms with Gasteiger partial charge in [0.05, 0.1) is 19.2 Å². The molecule has 1 saturated carbocycles. The third-order valence-electron chi connectivity index (χ3n) is 2.77. The second-order valence-electron chi connectivity index (χ2n) is 4.11. The number of aliphatic hydroxyl groups is 1. The number of nitrogens with two attached hydrogens (primary N) is 1. The number of halogens is 2. The molecule has 1 aliphatic carbocycles. The number of nitrogen functional groups attached to an aromatic ring is 1. The van der Waals surface area contributed by atoms with E-state index in [2.05, 4.69) is 10.2 Å². The Balaban J connectivity index is 0.00000144. The summed E-state index contributed by atoms with van der Waals surface area (Å²) in [6.07, 6.45) is 2.34. The molecule has 100 valence electrons. The molecule has 2 rings (SSSR count). The molecule has 0 radical (unpaired) electrons. The first kappa shape index (κ1) is 17.0. The van der Waals surface area contributed by atoms with Crippen molar-refractivity contribution in [3.8, 4) is 0 Å². The average Bonchev–Trinajstić information content (AvgIpc) is 3.11. The van der Waals surface area contributed by atoms with Gasteiger partial charge < -0.3 is 16.2 Å². The number of nitrogens with zero attached hydrogens (tertiary/aromatic N) is 1. The third kappa shape index (κ3) is 4.04. The van der Waals surface area contributed by atoms with Gasteiger partial charge in [0.25, 0.3) is 0 Å². The van der Waals surface area contributed by atoms with Crippen LogP contribution < -0.4 is 11.1 Å². The molecule has 4 nitrogen and oxygen atoms in total. The summed E-state index contributed by atoms with van der Waals surface area (Å²) in [7, 11) is 0. The van der Waals surface area contributed by atoms with Crippen molar-refractivity contribution < 1.29 is 5.11 Å². The van der Waals surface area contributed by atoms with Gasteiger partial charge in [-0.1, -0.05) is 6.07 Å². The van der Waals surface area contributed by atoms with Gasteiger partial charge in [0.2, 0.25) is 5.69 Å². The van der Waals surface area contributed by atoms with Crippen molar-refractivity contribution in [1.29, 1.82) is 0 Å². The number of aliphatic hydroxyl groups excluding tert-OH is 1. The first-order chi connectivity index (χ1) is 7.74. The molecule has 1 atom stereocenters. The Hall–Kier alpha value is -0.990. The van der Waals surface area contributed by atoms with Crippen molar-refractivity contribution in [2.75, 3.05) is 12.3 Å². The topological polar surface area (TPSA) is 62.6 Å². The summed E-state index contributed by atoms with van der Waals surface area (Å²) >= 11 is 0. The van der Waals surface area contributed by atoms with Gasteiger partial charge in [-0.2, -0.15) is 0 Å². The van der Waals surface area contributed by atoms with Crippen LogP contribution in [0.4, 0.5) is 11.4 Å². The normalized spacial score (nSPS) is 14.9. The molecule has 1 unspecified atom stereocenters. The maximum absolute atomic E-state index is 9.32. The molecular weight excluding hydrogens is 273 g/mol. The van der Waals surface area contributed by atoms with Crippen LogP contribution in [0.5, 0.6) is 0 Å². The summed E-state index contributed by atoms with van der Waals surface area (Å²) in [6.45, 7) is 7.03. The third-order valence-corrected chi connectivity index (χ3v) is 2.77. The Morgan fingerprint density at radius 3 is 2.61 bits per heavy atom. The lowest BCUT2D eigenvalue weighted by atomic mass is 10.1. The van der Waals surface area contributed by atoms with Crippen LogP contribution in [0.3, 0.4) is 0 Å². The summed E-state index contributed by atoms with van der Waals surface area (Å²) in [5.41, 5.74) is 7.52. The monoisotopic (exact) mass is 289 g/mol. The maximum Gasteiger partial charge on any atom is 0.209 e. The minimum atomic E-state index is -0.0893. The number of anilines is 1. The molecule has 0 aromatic heterocycles. The molecule has 6 heteroatoms. The maximum atomic E-state index is 9.32. The number of hydrogen-bond donors (Lipinski definition) is 3. The zero-order valence-corrected chi connectivity index (χ0v) is 11.4. The fraction of sp³-hybridized carbons (Fsp3) is 0.417. The number of benzene rings is 1. The van der Waals surface area contributed by atoms with Crippen molar-refractivity contribution in [2.24, 2.45) is 0 Å². The summed E-state index contributed by atoms with van der Waals surface area (Å²) in [6, 6.07) is 5.76. The van der Waals surface area contributed by atoms with E-state index in [1.807, 2.05) is 6.07 Å². The Kier molecular flexibility index (Phi) is 7.04. The Morgan fingerprint density at radius 2 is 2.11 bits per heavy atom. The van der Waals surface area contributed by atoms with Gasteiger partial charge in [-0.05, 0) is 30.5 Å². The van der Waals surface area contributed by atoms with Crippen molar-refractivity contribution in [3.63, 3.8) is 0 Å². The highest BCUT2D eigenvalue weighted by Crippen LogP contribution is 2.28. The van der Waals surface area contributed by atoms with E-state index in [0.29, 0.717) is 17.4 Å². The van der Waals surface area contributed by atoms with Gasteiger partial charge >= 0.3 is 0 Å². The summed E-state index contributed by atoms with van der Waals surface area (Å²) in [5.74, 6) is 0. The van der Waals surface area contributed by atoms with Gasteiger partial charge in [0.15, 0.2) is 0 Å². The SMILES string of the molecule is Cl.Cl.[C-]#[N+]c1cc(C(CO)NC2CC2)ccc1N. The molecule has 1 aromatic carbocycles. The minimum absolute atomic E-state index is 0. The van der Waals surface area contributed by atoms with E-state index in [1.165, 1.54) is 12.8 Å². The smallest absolute Gasteiger partial charge is 0.209 e. The van der Waals surface area contributed by atoms with Crippen LogP contribution in [0, 0.1) is 6.57 Å². The highest BCUT2D eigenvalue weighted by atomic mass is 35.5. The highest BCUT2D eigenvalue weighted by Gasteiger charge is 2.25. The molecule has 0 amide bonds. The Bertz CT molecular complexity index is 430. The molecular formula is C12H17Cl2N3O. The molecule has 4 N–H and O–H groups in total. The lowest BCUT2D eigenvalue weighted by Crippen LogP contribution is -2.26. The van der Waals surface area contributed by atoms with Gasteiger partial charge in [-0.3, -0.25) is 0 Å². The molecule has 1 aliphatic rings. The van der Waals surface area contributed by atoms with Gasteiger partial charge in [0, 0.05) is 11.7 Å². The van der Waals surface area contributed by atoms with Crippen LogP contribution >= 0.6 is 24.8 Å². The standard InChI is InChI=1S/C12H15N3O.2ClH/c1-14-11-6-8(2-5-10(11)13)12(7-16)15-9-3-4-9;;/h2,5-6,9,12,15-16H,3-4,7,13H2;2*1H. The van der Waals surface area contributed by atoms with Crippen LogP contribution in [0.1, 0.15) is 24.4 Å². The average molecular weight is 290 g/mol. The molecule has 1 aromatic rings. The van der Waals surface area contributed by atoms with E-state index >= 15 is 0 Å². The van der Waals surface area contributed by atoms with E-state index in [4.69, 9.17) is 12.3 Å². The Morgan fingerprint density at radius 1 is 1.44 bits per heavy atom. The minimum Gasteiger partial charge on any atom is -0.407 e. The van der Waals surface area contributed by atoms with Crippen LogP contribution in [-0.2, 0) is 0 Å². The summed E-state index contributed by atoms with van der Waals surface area (Å²) in [4.78, 5) is 3.36. The number of rotatable bonds is 4. The van der Waals surface area contributed by atoms with Gasteiger partial charge in [-0.15, -0.1) is 24.8 Å². The Labute approximate surface area is 119 Å². The molecule has 0 heterocycles. The highest BCUT2D eigenvalue weighted by molar-refractivity contribution is 5.85. The number of nitrogens with one attached hydrogen (secondary N) is 1. The molecule has 0 spiro atoms. The quantitative estimate of drug-likeness (QED) is 0.589. The lowest BCUT2D eigenvalue weighted by Gasteiger charge is -2.17. The summed E-state index contributed by atoms with van der Waals surface area (Å²) in [5, 5.41) is 12.7. The predicted octanol–water partition coefficient (Wildman–Crippen LogP) is 2.45. The molecule has 18 heavy (non-hydrogen) atoms. The van der Waals surface area contributed by atoms with Crippen molar-refractivity contribution in [2.45, 2.75) is 24.9 Å². The van der Waals surface area contributed by atoms with Crippen LogP contribution in [0.15, 0.2) is 18.2 Å². The first-order valence-corrected chi connectivity index (χ1v) is 5.38. The fourth-order valence-corrected chi connectivity index (χ4v) is 1.66. The second-order valence-corrected chi connectivity index (χ2v) is 4.11. The van der Waals surface area contributed by atoms with E-state index in [1.54, 1.807) is 12.1 Å².